The van der Waals surface area contributed by atoms with E-state index in [2.05, 4.69) is 15.0 Å². The predicted octanol–water partition coefficient (Wildman–Crippen LogP) is 3.26. The monoisotopic (exact) mass is 433 g/mol. The van der Waals surface area contributed by atoms with E-state index in [0.717, 1.165) is 25.2 Å². The Hall–Kier alpha value is -3.25. The quantitative estimate of drug-likeness (QED) is 0.692. The molecular formula is C22H22F3N3O3. The topological polar surface area (TPSA) is 74.6 Å². The van der Waals surface area contributed by atoms with Gasteiger partial charge in [0, 0.05) is 26.7 Å². The number of carbonyl (C=O) groups is 1. The molecule has 2 aromatic carbocycles. The van der Waals surface area contributed by atoms with Crippen molar-refractivity contribution in [2.75, 3.05) is 26.7 Å². The Morgan fingerprint density at radius 3 is 2.45 bits per heavy atom. The summed E-state index contributed by atoms with van der Waals surface area (Å²) >= 11 is 0. The predicted molar refractivity (Wildman–Crippen MR) is 106 cm³/mol. The average Bonchev–Trinajstić information content (AvgIpc) is 2.73. The second-order valence-electron chi connectivity index (χ2n) is 7.28. The third kappa shape index (κ3) is 6.36. The molecule has 0 saturated carbocycles. The van der Waals surface area contributed by atoms with Gasteiger partial charge in [-0.25, -0.2) is 0 Å². The summed E-state index contributed by atoms with van der Waals surface area (Å²) in [6.07, 6.45) is -4.47. The number of rotatable bonds is 8. The van der Waals surface area contributed by atoms with Crippen LogP contribution >= 0.6 is 0 Å². The molecule has 1 saturated heterocycles. The first-order chi connectivity index (χ1) is 14.8. The summed E-state index contributed by atoms with van der Waals surface area (Å²) in [4.78, 5) is 13.7. The third-order valence-corrected chi connectivity index (χ3v) is 4.87. The van der Waals surface area contributed by atoms with Gasteiger partial charge in [-0.3, -0.25) is 9.69 Å². The maximum Gasteiger partial charge on any atom is 0.422 e. The van der Waals surface area contributed by atoms with Crippen LogP contribution in [0.4, 0.5) is 13.2 Å². The van der Waals surface area contributed by atoms with Gasteiger partial charge in [0.15, 0.2) is 6.61 Å². The van der Waals surface area contributed by atoms with Gasteiger partial charge in [-0.05, 0) is 35.4 Å². The maximum atomic E-state index is 12.3. The van der Waals surface area contributed by atoms with E-state index in [1.54, 1.807) is 13.1 Å². The van der Waals surface area contributed by atoms with Crippen LogP contribution in [0, 0.1) is 17.2 Å². The van der Waals surface area contributed by atoms with Gasteiger partial charge < -0.3 is 14.8 Å². The van der Waals surface area contributed by atoms with E-state index < -0.39 is 12.8 Å². The summed E-state index contributed by atoms with van der Waals surface area (Å²) in [5.41, 5.74) is 1.76. The maximum absolute atomic E-state index is 12.3. The Labute approximate surface area is 178 Å². The molecule has 0 aromatic heterocycles. The van der Waals surface area contributed by atoms with E-state index in [1.165, 1.54) is 12.1 Å². The summed E-state index contributed by atoms with van der Waals surface area (Å²) in [5, 5.41) is 11.8. The van der Waals surface area contributed by atoms with Gasteiger partial charge in [0.2, 0.25) is 5.91 Å². The van der Waals surface area contributed by atoms with E-state index >= 15 is 0 Å². The van der Waals surface area contributed by atoms with Crippen molar-refractivity contribution in [3.05, 3.63) is 59.2 Å². The molecule has 2 aromatic rings. The standard InChI is InChI=1S/C22H22F3N3O3/c1-27-21(29)18-11-28(12-18)10-15-2-5-19(6-3-15)30-13-16-4-7-20(17(8-16)9-26)31-14-22(23,24)25/h2-8,18H,10-14H2,1H3,(H,27,29). The van der Waals surface area contributed by atoms with E-state index in [1.807, 2.05) is 30.3 Å². The fourth-order valence-corrected chi connectivity index (χ4v) is 3.22. The van der Waals surface area contributed by atoms with Gasteiger partial charge in [-0.15, -0.1) is 0 Å². The Kier molecular flexibility index (Phi) is 7.02. The van der Waals surface area contributed by atoms with E-state index in [9.17, 15) is 18.0 Å². The highest BCUT2D eigenvalue weighted by Crippen LogP contribution is 2.24. The molecule has 9 heteroatoms. The summed E-state index contributed by atoms with van der Waals surface area (Å²) in [5.74, 6) is 0.639. The zero-order chi connectivity index (χ0) is 22.4. The number of nitriles is 1. The first-order valence-corrected chi connectivity index (χ1v) is 9.65. The first-order valence-electron chi connectivity index (χ1n) is 9.65. The number of halogens is 3. The number of nitrogens with one attached hydrogen (secondary N) is 1. The van der Waals surface area contributed by atoms with Gasteiger partial charge in [-0.1, -0.05) is 18.2 Å². The second kappa shape index (κ2) is 9.71. The van der Waals surface area contributed by atoms with Gasteiger partial charge >= 0.3 is 6.18 Å². The molecule has 6 nitrogen and oxygen atoms in total. The molecular weight excluding hydrogens is 411 g/mol. The third-order valence-electron chi connectivity index (χ3n) is 4.87. The zero-order valence-corrected chi connectivity index (χ0v) is 16.9. The van der Waals surface area contributed by atoms with Gasteiger partial charge in [0.25, 0.3) is 0 Å². The number of hydrogen-bond acceptors (Lipinski definition) is 5. The molecule has 1 amide bonds. The second-order valence-corrected chi connectivity index (χ2v) is 7.28. The molecule has 0 spiro atoms. The average molecular weight is 433 g/mol. The lowest BCUT2D eigenvalue weighted by molar-refractivity contribution is -0.153. The molecule has 1 aliphatic heterocycles. The normalized spacial score (nSPS) is 14.4. The van der Waals surface area contributed by atoms with Crippen molar-refractivity contribution >= 4 is 5.91 Å². The van der Waals surface area contributed by atoms with Crippen molar-refractivity contribution in [1.82, 2.24) is 10.2 Å². The Bertz CT molecular complexity index is 949. The minimum Gasteiger partial charge on any atom is -0.489 e. The summed E-state index contributed by atoms with van der Waals surface area (Å²) in [7, 11) is 1.64. The molecule has 164 valence electrons. The van der Waals surface area contributed by atoms with Crippen LogP contribution in [0.1, 0.15) is 16.7 Å². The Morgan fingerprint density at radius 1 is 1.16 bits per heavy atom. The van der Waals surface area contributed by atoms with Gasteiger partial charge in [0.1, 0.15) is 24.2 Å². The lowest BCUT2D eigenvalue weighted by Crippen LogP contribution is -2.52. The van der Waals surface area contributed by atoms with Crippen LogP contribution in [0.2, 0.25) is 0 Å². The molecule has 1 heterocycles. The minimum absolute atomic E-state index is 0.0188. The number of nitrogens with zero attached hydrogens (tertiary/aromatic N) is 2. The van der Waals surface area contributed by atoms with Crippen molar-refractivity contribution in [1.29, 1.82) is 5.26 Å². The number of amides is 1. The lowest BCUT2D eigenvalue weighted by Gasteiger charge is -2.38. The van der Waals surface area contributed by atoms with Gasteiger partial charge in [-0.2, -0.15) is 18.4 Å². The van der Waals surface area contributed by atoms with Crippen molar-refractivity contribution in [3.8, 4) is 17.6 Å². The molecule has 1 fully saturated rings. The lowest BCUT2D eigenvalue weighted by atomic mass is 9.98. The summed E-state index contributed by atoms with van der Waals surface area (Å²) < 4.78 is 47.3. The smallest absolute Gasteiger partial charge is 0.422 e. The molecule has 31 heavy (non-hydrogen) atoms. The Morgan fingerprint density at radius 2 is 1.84 bits per heavy atom. The molecule has 0 atom stereocenters. The SMILES string of the molecule is CNC(=O)C1CN(Cc2ccc(OCc3ccc(OCC(F)(F)F)c(C#N)c3)cc2)C1. The first kappa shape index (κ1) is 22.4. The van der Waals surface area contributed by atoms with Crippen LogP contribution in [0.15, 0.2) is 42.5 Å². The van der Waals surface area contributed by atoms with Crippen LogP contribution in [-0.2, 0) is 17.9 Å². The number of ether oxygens (including phenoxy) is 2. The van der Waals surface area contributed by atoms with Crippen LogP contribution in [0.5, 0.6) is 11.5 Å². The van der Waals surface area contributed by atoms with Crippen LogP contribution < -0.4 is 14.8 Å². The van der Waals surface area contributed by atoms with Crippen molar-refractivity contribution in [3.63, 3.8) is 0 Å². The van der Waals surface area contributed by atoms with E-state index in [4.69, 9.17) is 10.00 Å². The summed E-state index contributed by atoms with van der Waals surface area (Å²) in [6, 6.07) is 13.7. The highest BCUT2D eigenvalue weighted by Gasteiger charge is 2.31. The molecule has 0 unspecified atom stereocenters. The van der Waals surface area contributed by atoms with Crippen molar-refractivity contribution < 1.29 is 27.4 Å². The van der Waals surface area contributed by atoms with Crippen LogP contribution in [0.3, 0.4) is 0 Å². The largest absolute Gasteiger partial charge is 0.489 e. The van der Waals surface area contributed by atoms with E-state index in [-0.39, 0.29) is 29.7 Å². The number of alkyl halides is 3. The Balaban J connectivity index is 1.50. The number of likely N-dealkylation sites (tertiary alicyclic amines) is 1. The molecule has 0 radical (unpaired) electrons. The number of hydrogen-bond donors (Lipinski definition) is 1. The number of carbonyl (C=O) groups excluding carboxylic acids is 1. The van der Waals surface area contributed by atoms with Crippen molar-refractivity contribution in [2.24, 2.45) is 5.92 Å². The highest BCUT2D eigenvalue weighted by molar-refractivity contribution is 5.79. The van der Waals surface area contributed by atoms with Crippen molar-refractivity contribution in [2.45, 2.75) is 19.3 Å². The fourth-order valence-electron chi connectivity index (χ4n) is 3.22. The fraction of sp³-hybridized carbons (Fsp3) is 0.364. The van der Waals surface area contributed by atoms with Crippen LogP contribution in [0.25, 0.3) is 0 Å². The molecule has 1 aliphatic rings. The highest BCUT2D eigenvalue weighted by atomic mass is 19.4. The van der Waals surface area contributed by atoms with Crippen LogP contribution in [-0.4, -0.2) is 43.7 Å². The molecule has 1 N–H and O–H groups in total. The molecule has 3 rings (SSSR count). The van der Waals surface area contributed by atoms with Gasteiger partial charge in [0.05, 0.1) is 11.5 Å². The number of benzene rings is 2. The minimum atomic E-state index is -4.47. The van der Waals surface area contributed by atoms with E-state index in [0.29, 0.717) is 11.3 Å². The molecule has 0 aliphatic carbocycles. The summed E-state index contributed by atoms with van der Waals surface area (Å²) in [6.45, 7) is 0.934. The molecule has 0 bridgehead atoms. The zero-order valence-electron chi connectivity index (χ0n) is 16.9.